The number of thiazole rings is 1. The summed E-state index contributed by atoms with van der Waals surface area (Å²) in [4.78, 5) is 5.70. The second-order valence-corrected chi connectivity index (χ2v) is 5.66. The fourth-order valence-corrected chi connectivity index (χ4v) is 2.73. The molecule has 0 aliphatic rings. The molecule has 1 rings (SSSR count). The summed E-state index contributed by atoms with van der Waals surface area (Å²) in [6, 6.07) is 0.705. The van der Waals surface area contributed by atoms with Gasteiger partial charge in [0.1, 0.15) is 0 Å². The van der Waals surface area contributed by atoms with Crippen molar-refractivity contribution in [2.24, 2.45) is 0 Å². The van der Waals surface area contributed by atoms with Crippen LogP contribution in [0.25, 0.3) is 0 Å². The molecule has 0 fully saturated rings. The lowest BCUT2D eigenvalue weighted by molar-refractivity contribution is 0.447. The van der Waals surface area contributed by atoms with Crippen molar-refractivity contribution < 1.29 is 0 Å². The van der Waals surface area contributed by atoms with Gasteiger partial charge in [-0.25, -0.2) is 4.98 Å². The Morgan fingerprint density at radius 2 is 2.00 bits per heavy atom. The van der Waals surface area contributed by atoms with Gasteiger partial charge >= 0.3 is 0 Å². The maximum atomic E-state index is 4.38. The first-order valence-electron chi connectivity index (χ1n) is 6.41. The second-order valence-electron chi connectivity index (χ2n) is 4.34. The van der Waals surface area contributed by atoms with Crippen LogP contribution < -0.4 is 5.32 Å². The quantitative estimate of drug-likeness (QED) is 0.751. The van der Waals surface area contributed by atoms with Crippen LogP contribution in [0.15, 0.2) is 6.20 Å². The fourth-order valence-electron chi connectivity index (χ4n) is 1.95. The molecular weight excluding hydrogens is 216 g/mol. The van der Waals surface area contributed by atoms with Gasteiger partial charge in [0.15, 0.2) is 0 Å². The van der Waals surface area contributed by atoms with Gasteiger partial charge in [-0.1, -0.05) is 26.7 Å². The van der Waals surface area contributed by atoms with Crippen LogP contribution in [0.1, 0.15) is 49.4 Å². The molecule has 2 nitrogen and oxygen atoms in total. The lowest BCUT2D eigenvalue weighted by Crippen LogP contribution is -2.30. The van der Waals surface area contributed by atoms with E-state index in [1.165, 1.54) is 35.6 Å². The van der Waals surface area contributed by atoms with Crippen LogP contribution >= 0.6 is 11.3 Å². The Labute approximate surface area is 103 Å². The maximum absolute atomic E-state index is 4.38. The van der Waals surface area contributed by atoms with Gasteiger partial charge in [-0.05, 0) is 19.8 Å². The van der Waals surface area contributed by atoms with Crippen molar-refractivity contribution in [3.8, 4) is 0 Å². The molecule has 0 amide bonds. The third kappa shape index (κ3) is 5.08. The first kappa shape index (κ1) is 13.7. The summed E-state index contributed by atoms with van der Waals surface area (Å²) in [6.07, 6.45) is 8.18. The Balaban J connectivity index is 2.21. The van der Waals surface area contributed by atoms with E-state index in [1.807, 2.05) is 17.5 Å². The van der Waals surface area contributed by atoms with E-state index in [2.05, 4.69) is 31.1 Å². The van der Waals surface area contributed by atoms with Crippen LogP contribution in [0.4, 0.5) is 0 Å². The van der Waals surface area contributed by atoms with Crippen LogP contribution in [-0.2, 0) is 6.42 Å². The summed E-state index contributed by atoms with van der Waals surface area (Å²) >= 11 is 1.81. The van der Waals surface area contributed by atoms with E-state index in [1.54, 1.807) is 0 Å². The standard InChI is InChI=1S/C13H24N2S/c1-4-6-12(7-5-2)14-9-8-13-15-10-11(3)16-13/h10,12,14H,4-9H2,1-3H3. The minimum absolute atomic E-state index is 0.705. The summed E-state index contributed by atoms with van der Waals surface area (Å²) in [5, 5.41) is 4.91. The molecule has 1 aromatic heterocycles. The molecule has 3 heteroatoms. The third-order valence-electron chi connectivity index (χ3n) is 2.72. The average Bonchev–Trinajstić information content (AvgIpc) is 2.65. The fraction of sp³-hybridized carbons (Fsp3) is 0.769. The Morgan fingerprint density at radius 1 is 1.31 bits per heavy atom. The zero-order valence-corrected chi connectivity index (χ0v) is 11.6. The predicted octanol–water partition coefficient (Wildman–Crippen LogP) is 3.55. The summed E-state index contributed by atoms with van der Waals surface area (Å²) < 4.78 is 0. The van der Waals surface area contributed by atoms with Gasteiger partial charge in [0.05, 0.1) is 5.01 Å². The van der Waals surface area contributed by atoms with E-state index in [4.69, 9.17) is 0 Å². The van der Waals surface area contributed by atoms with Crippen molar-refractivity contribution in [2.75, 3.05) is 6.54 Å². The first-order valence-corrected chi connectivity index (χ1v) is 7.22. The maximum Gasteiger partial charge on any atom is 0.0940 e. The minimum atomic E-state index is 0.705. The van der Waals surface area contributed by atoms with Crippen LogP contribution in [0.2, 0.25) is 0 Å². The van der Waals surface area contributed by atoms with Crippen molar-refractivity contribution in [1.82, 2.24) is 10.3 Å². The Hall–Kier alpha value is -0.410. The lowest BCUT2D eigenvalue weighted by Gasteiger charge is -2.16. The van der Waals surface area contributed by atoms with Crippen molar-refractivity contribution >= 4 is 11.3 Å². The van der Waals surface area contributed by atoms with Gasteiger partial charge in [-0.2, -0.15) is 0 Å². The van der Waals surface area contributed by atoms with Crippen LogP contribution in [0.5, 0.6) is 0 Å². The Kier molecular flexibility index (Phi) is 6.65. The number of nitrogens with one attached hydrogen (secondary N) is 1. The molecule has 1 N–H and O–H groups in total. The van der Waals surface area contributed by atoms with Gasteiger partial charge < -0.3 is 5.32 Å². The highest BCUT2D eigenvalue weighted by Crippen LogP contribution is 2.11. The number of hydrogen-bond acceptors (Lipinski definition) is 3. The number of nitrogens with zero attached hydrogens (tertiary/aromatic N) is 1. The van der Waals surface area contributed by atoms with Crippen molar-refractivity contribution in [3.63, 3.8) is 0 Å². The number of rotatable bonds is 8. The molecule has 92 valence electrons. The van der Waals surface area contributed by atoms with E-state index < -0.39 is 0 Å². The highest BCUT2D eigenvalue weighted by molar-refractivity contribution is 7.11. The molecular formula is C13H24N2S. The normalized spacial score (nSPS) is 11.2. The van der Waals surface area contributed by atoms with Gasteiger partial charge in [-0.3, -0.25) is 0 Å². The van der Waals surface area contributed by atoms with Gasteiger partial charge in [0.2, 0.25) is 0 Å². The van der Waals surface area contributed by atoms with Crippen LogP contribution in [-0.4, -0.2) is 17.6 Å². The minimum Gasteiger partial charge on any atom is -0.314 e. The molecule has 1 aromatic rings. The van der Waals surface area contributed by atoms with E-state index >= 15 is 0 Å². The van der Waals surface area contributed by atoms with Crippen molar-refractivity contribution in [2.45, 2.75) is 58.9 Å². The molecule has 1 heterocycles. The summed E-state index contributed by atoms with van der Waals surface area (Å²) in [7, 11) is 0. The molecule has 0 atom stereocenters. The van der Waals surface area contributed by atoms with Crippen molar-refractivity contribution in [1.29, 1.82) is 0 Å². The first-order chi connectivity index (χ1) is 7.76. The molecule has 0 bridgehead atoms. The SMILES string of the molecule is CCCC(CCC)NCCc1ncc(C)s1. The summed E-state index contributed by atoms with van der Waals surface area (Å²) in [5.74, 6) is 0. The van der Waals surface area contributed by atoms with E-state index in [9.17, 15) is 0 Å². The number of aromatic nitrogens is 1. The third-order valence-corrected chi connectivity index (χ3v) is 3.69. The molecule has 0 spiro atoms. The zero-order valence-electron chi connectivity index (χ0n) is 10.8. The molecule has 0 radical (unpaired) electrons. The largest absolute Gasteiger partial charge is 0.314 e. The smallest absolute Gasteiger partial charge is 0.0940 e. The highest BCUT2D eigenvalue weighted by Gasteiger charge is 2.05. The Morgan fingerprint density at radius 3 is 2.50 bits per heavy atom. The summed E-state index contributed by atoms with van der Waals surface area (Å²) in [5.41, 5.74) is 0. The lowest BCUT2D eigenvalue weighted by atomic mass is 10.1. The van der Waals surface area contributed by atoms with Gasteiger partial charge in [0, 0.05) is 30.1 Å². The molecule has 0 aromatic carbocycles. The molecule has 16 heavy (non-hydrogen) atoms. The van der Waals surface area contributed by atoms with E-state index in [0.717, 1.165) is 13.0 Å². The molecule has 0 unspecified atom stereocenters. The molecule has 0 aliphatic heterocycles. The van der Waals surface area contributed by atoms with E-state index in [0.29, 0.717) is 6.04 Å². The van der Waals surface area contributed by atoms with Crippen LogP contribution in [0, 0.1) is 6.92 Å². The van der Waals surface area contributed by atoms with Crippen LogP contribution in [0.3, 0.4) is 0 Å². The molecule has 0 saturated heterocycles. The zero-order chi connectivity index (χ0) is 11.8. The van der Waals surface area contributed by atoms with Crippen molar-refractivity contribution in [3.05, 3.63) is 16.1 Å². The average molecular weight is 240 g/mol. The second kappa shape index (κ2) is 7.80. The van der Waals surface area contributed by atoms with Gasteiger partial charge in [-0.15, -0.1) is 11.3 Å². The Bertz CT molecular complexity index is 277. The number of hydrogen-bond donors (Lipinski definition) is 1. The molecule has 0 aliphatic carbocycles. The highest BCUT2D eigenvalue weighted by atomic mass is 32.1. The number of aryl methyl sites for hydroxylation is 1. The molecule has 0 saturated carbocycles. The summed E-state index contributed by atoms with van der Waals surface area (Å²) in [6.45, 7) is 7.70. The van der Waals surface area contributed by atoms with Gasteiger partial charge in [0.25, 0.3) is 0 Å². The predicted molar refractivity (Wildman–Crippen MR) is 72.2 cm³/mol. The monoisotopic (exact) mass is 240 g/mol. The topological polar surface area (TPSA) is 24.9 Å². The van der Waals surface area contributed by atoms with E-state index in [-0.39, 0.29) is 0 Å².